The summed E-state index contributed by atoms with van der Waals surface area (Å²) >= 11 is 0. The van der Waals surface area contributed by atoms with Crippen LogP contribution in [0.1, 0.15) is 10.5 Å². The SMILES string of the molecule is NS(=O)(=O)c1ccc(NC(=O)c2cn[nH]n2)c(F)c1. The minimum Gasteiger partial charge on any atom is -0.318 e. The van der Waals surface area contributed by atoms with Crippen molar-refractivity contribution in [2.24, 2.45) is 5.14 Å². The number of nitrogens with one attached hydrogen (secondary N) is 2. The lowest BCUT2D eigenvalue weighted by Gasteiger charge is -2.05. The normalized spacial score (nSPS) is 11.3. The highest BCUT2D eigenvalue weighted by atomic mass is 32.2. The van der Waals surface area contributed by atoms with Crippen LogP contribution < -0.4 is 10.5 Å². The molecule has 1 aromatic carbocycles. The van der Waals surface area contributed by atoms with E-state index >= 15 is 0 Å². The number of amides is 1. The van der Waals surface area contributed by atoms with Crippen LogP contribution in [0.25, 0.3) is 0 Å². The van der Waals surface area contributed by atoms with Crippen molar-refractivity contribution < 1.29 is 17.6 Å². The number of benzene rings is 1. The Kier molecular flexibility index (Phi) is 3.27. The molecule has 0 aliphatic carbocycles. The molecule has 1 heterocycles. The van der Waals surface area contributed by atoms with Gasteiger partial charge in [0, 0.05) is 0 Å². The zero-order chi connectivity index (χ0) is 14.0. The molecule has 0 radical (unpaired) electrons. The topological polar surface area (TPSA) is 131 Å². The Bertz CT molecular complexity index is 713. The molecular formula is C9H8FN5O3S. The first kappa shape index (κ1) is 13.1. The molecule has 0 fully saturated rings. The minimum absolute atomic E-state index is 0.0325. The first-order chi connectivity index (χ1) is 8.88. The van der Waals surface area contributed by atoms with Crippen LogP contribution in [0.5, 0.6) is 0 Å². The number of primary sulfonamides is 1. The van der Waals surface area contributed by atoms with E-state index in [4.69, 9.17) is 5.14 Å². The van der Waals surface area contributed by atoms with Gasteiger partial charge in [-0.3, -0.25) is 4.79 Å². The van der Waals surface area contributed by atoms with Gasteiger partial charge in [0.05, 0.1) is 16.8 Å². The van der Waals surface area contributed by atoms with Gasteiger partial charge in [-0.15, -0.1) is 0 Å². The molecule has 0 atom stereocenters. The number of sulfonamides is 1. The smallest absolute Gasteiger partial charge is 0.277 e. The van der Waals surface area contributed by atoms with Gasteiger partial charge < -0.3 is 5.32 Å². The van der Waals surface area contributed by atoms with E-state index in [1.54, 1.807) is 0 Å². The standard InChI is InChI=1S/C9H8FN5O3S/c10-6-3-5(19(11,17)18)1-2-7(6)13-9(16)8-4-12-15-14-8/h1-4H,(H,13,16)(H2,11,17,18)(H,12,14,15). The van der Waals surface area contributed by atoms with Crippen molar-refractivity contribution in [2.75, 3.05) is 5.32 Å². The van der Waals surface area contributed by atoms with E-state index in [0.717, 1.165) is 18.3 Å². The number of H-pyrrole nitrogens is 1. The van der Waals surface area contributed by atoms with Crippen LogP contribution in [0.15, 0.2) is 29.3 Å². The summed E-state index contributed by atoms with van der Waals surface area (Å²) < 4.78 is 35.6. The zero-order valence-electron chi connectivity index (χ0n) is 9.29. The van der Waals surface area contributed by atoms with Crippen LogP contribution in [0.3, 0.4) is 0 Å². The molecule has 100 valence electrons. The lowest BCUT2D eigenvalue weighted by Crippen LogP contribution is -2.15. The average Bonchev–Trinajstić information content (AvgIpc) is 2.84. The Morgan fingerprint density at radius 1 is 1.42 bits per heavy atom. The molecule has 8 nitrogen and oxygen atoms in total. The minimum atomic E-state index is -3.99. The van der Waals surface area contributed by atoms with Crippen LogP contribution in [-0.2, 0) is 10.0 Å². The predicted octanol–water partition coefficient (Wildman–Crippen LogP) is -0.157. The number of hydrogen-bond donors (Lipinski definition) is 3. The number of carbonyl (C=O) groups excluding carboxylic acids is 1. The summed E-state index contributed by atoms with van der Waals surface area (Å²) in [6, 6.07) is 2.89. The third kappa shape index (κ3) is 2.92. The molecule has 1 amide bonds. The fourth-order valence-electron chi connectivity index (χ4n) is 1.27. The molecule has 10 heteroatoms. The summed E-state index contributed by atoms with van der Waals surface area (Å²) in [5.74, 6) is -1.61. The van der Waals surface area contributed by atoms with Crippen molar-refractivity contribution >= 4 is 21.6 Å². The monoisotopic (exact) mass is 285 g/mol. The van der Waals surface area contributed by atoms with E-state index in [-0.39, 0.29) is 16.3 Å². The Morgan fingerprint density at radius 3 is 2.68 bits per heavy atom. The molecule has 0 aliphatic rings. The maximum Gasteiger partial charge on any atom is 0.277 e. The lowest BCUT2D eigenvalue weighted by atomic mass is 10.3. The van der Waals surface area contributed by atoms with Crippen LogP contribution in [-0.4, -0.2) is 29.7 Å². The van der Waals surface area contributed by atoms with Crippen LogP contribution in [0, 0.1) is 5.82 Å². The molecular weight excluding hydrogens is 277 g/mol. The number of hydrogen-bond acceptors (Lipinski definition) is 5. The zero-order valence-corrected chi connectivity index (χ0v) is 10.1. The van der Waals surface area contributed by atoms with E-state index in [0.29, 0.717) is 6.07 Å². The van der Waals surface area contributed by atoms with E-state index in [2.05, 4.69) is 20.7 Å². The highest BCUT2D eigenvalue weighted by Gasteiger charge is 2.15. The summed E-state index contributed by atoms with van der Waals surface area (Å²) in [6.45, 7) is 0. The van der Waals surface area contributed by atoms with E-state index in [1.807, 2.05) is 0 Å². The van der Waals surface area contributed by atoms with Gasteiger partial charge in [-0.25, -0.2) is 17.9 Å². The average molecular weight is 285 g/mol. The molecule has 2 aromatic rings. The summed E-state index contributed by atoms with van der Waals surface area (Å²) in [5, 5.41) is 16.2. The fraction of sp³-hybridized carbons (Fsp3) is 0. The van der Waals surface area contributed by atoms with E-state index in [9.17, 15) is 17.6 Å². The lowest BCUT2D eigenvalue weighted by molar-refractivity contribution is 0.102. The quantitative estimate of drug-likeness (QED) is 0.721. The number of nitrogens with two attached hydrogens (primary N) is 1. The van der Waals surface area contributed by atoms with Crippen LogP contribution in [0.2, 0.25) is 0 Å². The van der Waals surface area contributed by atoms with Crippen molar-refractivity contribution in [3.8, 4) is 0 Å². The number of aromatic amines is 1. The first-order valence-corrected chi connectivity index (χ1v) is 6.42. The van der Waals surface area contributed by atoms with Gasteiger partial charge >= 0.3 is 0 Å². The second kappa shape index (κ2) is 4.74. The predicted molar refractivity (Wildman–Crippen MR) is 62.1 cm³/mol. The van der Waals surface area contributed by atoms with E-state index < -0.39 is 21.7 Å². The van der Waals surface area contributed by atoms with Gasteiger partial charge in [-0.05, 0) is 18.2 Å². The molecule has 4 N–H and O–H groups in total. The maximum absolute atomic E-state index is 13.6. The summed E-state index contributed by atoms with van der Waals surface area (Å²) in [7, 11) is -3.99. The van der Waals surface area contributed by atoms with Gasteiger partial charge in [0.15, 0.2) is 5.69 Å². The Labute approximate surface area is 106 Å². The largest absolute Gasteiger partial charge is 0.318 e. The van der Waals surface area contributed by atoms with Crippen molar-refractivity contribution in [3.63, 3.8) is 0 Å². The highest BCUT2D eigenvalue weighted by Crippen LogP contribution is 2.18. The molecule has 0 aliphatic heterocycles. The first-order valence-electron chi connectivity index (χ1n) is 4.87. The molecule has 0 unspecified atom stereocenters. The third-order valence-corrected chi connectivity index (χ3v) is 3.08. The number of aromatic nitrogens is 3. The van der Waals surface area contributed by atoms with Crippen LogP contribution >= 0.6 is 0 Å². The Balaban J connectivity index is 2.25. The summed E-state index contributed by atoms with van der Waals surface area (Å²) in [5.41, 5.74) is -0.227. The molecule has 1 aromatic heterocycles. The Hall–Kier alpha value is -2.33. The maximum atomic E-state index is 13.6. The van der Waals surface area contributed by atoms with Gasteiger partial charge in [0.25, 0.3) is 5.91 Å². The summed E-state index contributed by atoms with van der Waals surface area (Å²) in [6.07, 6.45) is 1.16. The second-order valence-electron chi connectivity index (χ2n) is 3.50. The third-order valence-electron chi connectivity index (χ3n) is 2.16. The fourth-order valence-corrected chi connectivity index (χ4v) is 1.80. The van der Waals surface area contributed by atoms with Crippen molar-refractivity contribution in [1.82, 2.24) is 15.4 Å². The molecule has 2 rings (SSSR count). The van der Waals surface area contributed by atoms with Gasteiger partial charge in [-0.1, -0.05) is 0 Å². The number of anilines is 1. The molecule has 0 bridgehead atoms. The van der Waals surface area contributed by atoms with Crippen molar-refractivity contribution in [1.29, 1.82) is 0 Å². The molecule has 0 saturated carbocycles. The summed E-state index contributed by atoms with van der Waals surface area (Å²) in [4.78, 5) is 11.2. The highest BCUT2D eigenvalue weighted by molar-refractivity contribution is 7.89. The number of halogens is 1. The second-order valence-corrected chi connectivity index (χ2v) is 5.06. The number of nitrogens with zero attached hydrogens (tertiary/aromatic N) is 2. The van der Waals surface area contributed by atoms with Gasteiger partial charge in [0.1, 0.15) is 5.82 Å². The molecule has 0 saturated heterocycles. The van der Waals surface area contributed by atoms with Crippen molar-refractivity contribution in [3.05, 3.63) is 35.9 Å². The van der Waals surface area contributed by atoms with Gasteiger partial charge in [-0.2, -0.15) is 15.4 Å². The molecule has 19 heavy (non-hydrogen) atoms. The van der Waals surface area contributed by atoms with Crippen LogP contribution in [0.4, 0.5) is 10.1 Å². The van der Waals surface area contributed by atoms with Gasteiger partial charge in [0.2, 0.25) is 10.0 Å². The number of rotatable bonds is 3. The van der Waals surface area contributed by atoms with Crippen molar-refractivity contribution in [2.45, 2.75) is 4.90 Å². The molecule has 0 spiro atoms. The Morgan fingerprint density at radius 2 is 2.16 bits per heavy atom. The number of carbonyl (C=O) groups is 1. The van der Waals surface area contributed by atoms with E-state index in [1.165, 1.54) is 0 Å².